The highest BCUT2D eigenvalue weighted by molar-refractivity contribution is 7.15. The van der Waals surface area contributed by atoms with E-state index in [4.69, 9.17) is 0 Å². The lowest BCUT2D eigenvalue weighted by Gasteiger charge is -1.90. The SMILES string of the molecule is CCCc1sc(NC)nc1C. The number of thiazole rings is 1. The molecule has 0 saturated heterocycles. The van der Waals surface area contributed by atoms with Gasteiger partial charge in [0.2, 0.25) is 0 Å². The maximum Gasteiger partial charge on any atom is 0.182 e. The Kier molecular flexibility index (Phi) is 2.88. The van der Waals surface area contributed by atoms with Crippen LogP contribution in [0.4, 0.5) is 5.13 Å². The van der Waals surface area contributed by atoms with Crippen LogP contribution in [0.1, 0.15) is 23.9 Å². The second-order valence-electron chi connectivity index (χ2n) is 2.53. The minimum atomic E-state index is 1.03. The lowest BCUT2D eigenvalue weighted by Crippen LogP contribution is -1.85. The highest BCUT2D eigenvalue weighted by Crippen LogP contribution is 2.22. The summed E-state index contributed by atoms with van der Waals surface area (Å²) >= 11 is 1.76. The van der Waals surface area contributed by atoms with E-state index in [0.29, 0.717) is 0 Å². The molecule has 1 N–H and O–H groups in total. The van der Waals surface area contributed by atoms with E-state index in [1.54, 1.807) is 11.3 Å². The summed E-state index contributed by atoms with van der Waals surface area (Å²) in [5.74, 6) is 0. The van der Waals surface area contributed by atoms with E-state index in [1.165, 1.54) is 17.0 Å². The zero-order valence-electron chi connectivity index (χ0n) is 7.27. The van der Waals surface area contributed by atoms with Gasteiger partial charge in [-0.1, -0.05) is 13.3 Å². The van der Waals surface area contributed by atoms with Crippen molar-refractivity contribution in [3.63, 3.8) is 0 Å². The number of aromatic nitrogens is 1. The average molecular weight is 170 g/mol. The fourth-order valence-corrected chi connectivity index (χ4v) is 2.01. The van der Waals surface area contributed by atoms with Crippen molar-refractivity contribution < 1.29 is 0 Å². The summed E-state index contributed by atoms with van der Waals surface area (Å²) in [6, 6.07) is 0. The molecule has 0 aliphatic rings. The first kappa shape index (κ1) is 8.53. The van der Waals surface area contributed by atoms with Crippen LogP contribution in [0.15, 0.2) is 0 Å². The second kappa shape index (κ2) is 3.72. The summed E-state index contributed by atoms with van der Waals surface area (Å²) in [5.41, 5.74) is 1.18. The molecule has 0 aromatic carbocycles. The van der Waals surface area contributed by atoms with Crippen molar-refractivity contribution in [3.8, 4) is 0 Å². The van der Waals surface area contributed by atoms with Crippen molar-refractivity contribution in [1.29, 1.82) is 0 Å². The zero-order valence-corrected chi connectivity index (χ0v) is 8.09. The van der Waals surface area contributed by atoms with Crippen LogP contribution in [0.5, 0.6) is 0 Å². The summed E-state index contributed by atoms with van der Waals surface area (Å²) < 4.78 is 0. The van der Waals surface area contributed by atoms with Gasteiger partial charge in [0.1, 0.15) is 0 Å². The molecular weight excluding hydrogens is 156 g/mol. The summed E-state index contributed by atoms with van der Waals surface area (Å²) in [5, 5.41) is 4.09. The van der Waals surface area contributed by atoms with Crippen LogP contribution < -0.4 is 5.32 Å². The zero-order chi connectivity index (χ0) is 8.27. The maximum atomic E-state index is 4.36. The first-order chi connectivity index (χ1) is 5.27. The number of aryl methyl sites for hydroxylation is 2. The van der Waals surface area contributed by atoms with E-state index in [0.717, 1.165) is 11.6 Å². The third-order valence-corrected chi connectivity index (χ3v) is 2.82. The van der Waals surface area contributed by atoms with Gasteiger partial charge in [0.05, 0.1) is 5.69 Å². The Bertz CT molecular complexity index is 230. The minimum Gasteiger partial charge on any atom is -0.365 e. The Labute approximate surface area is 71.7 Å². The molecule has 0 fully saturated rings. The van der Waals surface area contributed by atoms with Gasteiger partial charge in [-0.3, -0.25) is 0 Å². The van der Waals surface area contributed by atoms with Crippen LogP contribution in [0.2, 0.25) is 0 Å². The van der Waals surface area contributed by atoms with E-state index in [1.807, 2.05) is 7.05 Å². The first-order valence-electron chi connectivity index (χ1n) is 3.92. The Balaban J connectivity index is 2.79. The van der Waals surface area contributed by atoms with Crippen molar-refractivity contribution >= 4 is 16.5 Å². The van der Waals surface area contributed by atoms with Gasteiger partial charge in [0, 0.05) is 11.9 Å². The van der Waals surface area contributed by atoms with E-state index in [9.17, 15) is 0 Å². The van der Waals surface area contributed by atoms with Crippen molar-refractivity contribution in [1.82, 2.24) is 4.98 Å². The molecule has 0 saturated carbocycles. The van der Waals surface area contributed by atoms with Crippen LogP contribution in [-0.4, -0.2) is 12.0 Å². The fourth-order valence-electron chi connectivity index (χ4n) is 0.994. The van der Waals surface area contributed by atoms with Crippen LogP contribution in [0, 0.1) is 6.92 Å². The van der Waals surface area contributed by atoms with Crippen LogP contribution in [0.25, 0.3) is 0 Å². The van der Waals surface area contributed by atoms with Gasteiger partial charge in [0.25, 0.3) is 0 Å². The number of hydrogen-bond donors (Lipinski definition) is 1. The predicted molar refractivity (Wildman–Crippen MR) is 50.4 cm³/mol. The van der Waals surface area contributed by atoms with Crippen molar-refractivity contribution in [3.05, 3.63) is 10.6 Å². The van der Waals surface area contributed by atoms with Gasteiger partial charge in [-0.15, -0.1) is 11.3 Å². The second-order valence-corrected chi connectivity index (χ2v) is 3.61. The Morgan fingerprint density at radius 1 is 1.55 bits per heavy atom. The molecule has 0 radical (unpaired) electrons. The van der Waals surface area contributed by atoms with Crippen LogP contribution in [-0.2, 0) is 6.42 Å². The lowest BCUT2D eigenvalue weighted by atomic mass is 10.2. The first-order valence-corrected chi connectivity index (χ1v) is 4.73. The third kappa shape index (κ3) is 1.93. The van der Waals surface area contributed by atoms with Gasteiger partial charge in [-0.05, 0) is 13.3 Å². The number of hydrogen-bond acceptors (Lipinski definition) is 3. The molecule has 0 amide bonds. The highest BCUT2D eigenvalue weighted by atomic mass is 32.1. The lowest BCUT2D eigenvalue weighted by molar-refractivity contribution is 0.925. The molecule has 3 heteroatoms. The monoisotopic (exact) mass is 170 g/mol. The Morgan fingerprint density at radius 2 is 2.27 bits per heavy atom. The molecule has 0 unspecified atom stereocenters. The molecular formula is C8H14N2S. The molecule has 1 aromatic heterocycles. The summed E-state index contributed by atoms with van der Waals surface area (Å²) in [6.07, 6.45) is 2.36. The molecule has 0 aliphatic carbocycles. The summed E-state index contributed by atoms with van der Waals surface area (Å²) in [4.78, 5) is 5.77. The fraction of sp³-hybridized carbons (Fsp3) is 0.625. The third-order valence-electron chi connectivity index (χ3n) is 1.58. The molecule has 1 aromatic rings. The molecule has 0 spiro atoms. The number of rotatable bonds is 3. The summed E-state index contributed by atoms with van der Waals surface area (Å²) in [6.45, 7) is 4.26. The number of nitrogens with one attached hydrogen (secondary N) is 1. The quantitative estimate of drug-likeness (QED) is 0.753. The molecule has 1 heterocycles. The van der Waals surface area contributed by atoms with E-state index in [-0.39, 0.29) is 0 Å². The molecule has 0 atom stereocenters. The van der Waals surface area contributed by atoms with Crippen LogP contribution in [0.3, 0.4) is 0 Å². The molecule has 62 valence electrons. The topological polar surface area (TPSA) is 24.9 Å². The largest absolute Gasteiger partial charge is 0.365 e. The standard InChI is InChI=1S/C8H14N2S/c1-4-5-7-6(2)10-8(9-3)11-7/h4-5H2,1-3H3,(H,9,10). The van der Waals surface area contributed by atoms with Gasteiger partial charge in [0.15, 0.2) is 5.13 Å². The normalized spacial score (nSPS) is 10.1. The van der Waals surface area contributed by atoms with Gasteiger partial charge in [-0.25, -0.2) is 4.98 Å². The Morgan fingerprint density at radius 3 is 2.73 bits per heavy atom. The molecule has 11 heavy (non-hydrogen) atoms. The Hall–Kier alpha value is -0.570. The van der Waals surface area contributed by atoms with Gasteiger partial charge in [-0.2, -0.15) is 0 Å². The summed E-state index contributed by atoms with van der Waals surface area (Å²) in [7, 11) is 1.91. The number of nitrogens with zero attached hydrogens (tertiary/aromatic N) is 1. The van der Waals surface area contributed by atoms with Gasteiger partial charge >= 0.3 is 0 Å². The van der Waals surface area contributed by atoms with E-state index < -0.39 is 0 Å². The predicted octanol–water partition coefficient (Wildman–Crippen LogP) is 2.45. The molecule has 0 bridgehead atoms. The van der Waals surface area contributed by atoms with E-state index >= 15 is 0 Å². The minimum absolute atomic E-state index is 1.03. The smallest absolute Gasteiger partial charge is 0.182 e. The van der Waals surface area contributed by atoms with Gasteiger partial charge < -0.3 is 5.32 Å². The van der Waals surface area contributed by atoms with Crippen molar-refractivity contribution in [2.75, 3.05) is 12.4 Å². The van der Waals surface area contributed by atoms with Crippen molar-refractivity contribution in [2.24, 2.45) is 0 Å². The van der Waals surface area contributed by atoms with Crippen LogP contribution >= 0.6 is 11.3 Å². The number of anilines is 1. The maximum absolute atomic E-state index is 4.36. The molecule has 1 rings (SSSR count). The average Bonchev–Trinajstić information content (AvgIpc) is 2.33. The molecule has 0 aliphatic heterocycles. The highest BCUT2D eigenvalue weighted by Gasteiger charge is 2.03. The van der Waals surface area contributed by atoms with E-state index in [2.05, 4.69) is 24.1 Å². The van der Waals surface area contributed by atoms with Crippen molar-refractivity contribution in [2.45, 2.75) is 26.7 Å². The molecule has 2 nitrogen and oxygen atoms in total.